The number of methoxy groups -OCH3 is 2. The molecule has 0 N–H and O–H groups in total. The van der Waals surface area contributed by atoms with E-state index in [4.69, 9.17) is 14.2 Å². The van der Waals surface area contributed by atoms with Crippen molar-refractivity contribution in [2.45, 2.75) is 26.3 Å². The lowest BCUT2D eigenvalue weighted by Gasteiger charge is -2.22. The fraction of sp³-hybridized carbons (Fsp3) is 0.233. The summed E-state index contributed by atoms with van der Waals surface area (Å²) in [6.45, 7) is 3.36. The predicted molar refractivity (Wildman–Crippen MR) is 150 cm³/mol. The van der Waals surface area contributed by atoms with Gasteiger partial charge in [0.25, 0.3) is 5.91 Å². The minimum atomic E-state index is -0.553. The van der Waals surface area contributed by atoms with Gasteiger partial charge in [-0.05, 0) is 61.2 Å². The molecule has 9 heteroatoms. The van der Waals surface area contributed by atoms with Crippen LogP contribution in [0.5, 0.6) is 11.5 Å². The van der Waals surface area contributed by atoms with E-state index in [9.17, 15) is 9.59 Å². The average molecular weight is 544 g/mol. The maximum absolute atomic E-state index is 13.4. The number of ether oxygens (including phenoxy) is 3. The van der Waals surface area contributed by atoms with Gasteiger partial charge in [-0.3, -0.25) is 4.79 Å². The number of carbonyl (C=O) groups excluding carboxylic acids is 2. The van der Waals surface area contributed by atoms with Gasteiger partial charge in [-0.1, -0.05) is 30.3 Å². The van der Waals surface area contributed by atoms with E-state index in [1.54, 1.807) is 31.6 Å². The first kappa shape index (κ1) is 26.2. The number of carbonyl (C=O) groups is 2. The molecule has 2 aromatic heterocycles. The molecule has 5 rings (SSSR count). The van der Waals surface area contributed by atoms with Crippen molar-refractivity contribution in [3.63, 3.8) is 0 Å². The molecular formula is C30H29N3O5S. The van der Waals surface area contributed by atoms with Crippen LogP contribution in [0.25, 0.3) is 5.69 Å². The number of aromatic nitrogens is 1. The third-order valence-electron chi connectivity index (χ3n) is 6.76. The highest BCUT2D eigenvalue weighted by molar-refractivity contribution is 7.12. The third-order valence-corrected chi connectivity index (χ3v) is 7.67. The van der Waals surface area contributed by atoms with E-state index >= 15 is 0 Å². The topological polar surface area (TPSA) is 82.4 Å². The van der Waals surface area contributed by atoms with Crippen LogP contribution in [-0.2, 0) is 9.53 Å². The molecule has 0 fully saturated rings. The monoisotopic (exact) mass is 543 g/mol. The van der Waals surface area contributed by atoms with Crippen molar-refractivity contribution in [1.82, 2.24) is 9.58 Å². The average Bonchev–Trinajstić information content (AvgIpc) is 3.71. The summed E-state index contributed by atoms with van der Waals surface area (Å²) >= 11 is 1.56. The van der Waals surface area contributed by atoms with Crippen LogP contribution in [0.3, 0.4) is 0 Å². The summed E-state index contributed by atoms with van der Waals surface area (Å²) in [5.74, 6) is 0.195. The normalized spacial score (nSPS) is 14.7. The number of esters is 1. The van der Waals surface area contributed by atoms with Crippen molar-refractivity contribution in [2.24, 2.45) is 5.10 Å². The summed E-state index contributed by atoms with van der Waals surface area (Å²) in [6, 6.07) is 20.7. The smallest absolute Gasteiger partial charge is 0.340 e. The molecule has 0 radical (unpaired) electrons. The van der Waals surface area contributed by atoms with Crippen LogP contribution in [0.15, 0.2) is 77.2 Å². The van der Waals surface area contributed by atoms with Crippen molar-refractivity contribution < 1.29 is 23.8 Å². The summed E-state index contributed by atoms with van der Waals surface area (Å²) in [7, 11) is 3.15. The van der Waals surface area contributed by atoms with Crippen LogP contribution in [0, 0.1) is 13.8 Å². The largest absolute Gasteiger partial charge is 0.493 e. The molecule has 0 saturated carbocycles. The van der Waals surface area contributed by atoms with E-state index in [1.165, 1.54) is 5.01 Å². The Balaban J connectivity index is 1.37. The molecule has 0 bridgehead atoms. The standard InChI is InChI=1S/C30H29N3O5S/c1-19-15-23(20(2)32(19)22-9-6-5-7-10-22)30(35)38-18-29(34)33-25(17-24(31-33)28-11-8-14-39-28)21-12-13-26(36-3)27(16-21)37-4/h5-16,25H,17-18H2,1-4H3. The van der Waals surface area contributed by atoms with E-state index in [1.807, 2.05) is 84.5 Å². The maximum Gasteiger partial charge on any atom is 0.340 e. The van der Waals surface area contributed by atoms with Crippen LogP contribution in [0.1, 0.15) is 44.6 Å². The van der Waals surface area contributed by atoms with Crippen molar-refractivity contribution in [3.8, 4) is 17.2 Å². The van der Waals surface area contributed by atoms with Crippen molar-refractivity contribution >= 4 is 28.9 Å². The maximum atomic E-state index is 13.4. The third kappa shape index (κ3) is 5.18. The zero-order valence-corrected chi connectivity index (χ0v) is 23.0. The van der Waals surface area contributed by atoms with Gasteiger partial charge in [0.05, 0.1) is 36.4 Å². The Kier molecular flexibility index (Phi) is 7.51. The lowest BCUT2D eigenvalue weighted by Crippen LogP contribution is -2.31. The lowest BCUT2D eigenvalue weighted by atomic mass is 10.0. The van der Waals surface area contributed by atoms with Gasteiger partial charge in [-0.15, -0.1) is 11.3 Å². The van der Waals surface area contributed by atoms with Crippen molar-refractivity contribution in [1.29, 1.82) is 0 Å². The van der Waals surface area contributed by atoms with Crippen molar-refractivity contribution in [3.05, 3.63) is 99.5 Å². The Bertz CT molecular complexity index is 1530. The first-order chi connectivity index (χ1) is 18.9. The highest BCUT2D eigenvalue weighted by Gasteiger charge is 2.34. The zero-order valence-electron chi connectivity index (χ0n) is 22.2. The SMILES string of the molecule is COc1ccc(C2CC(c3cccs3)=NN2C(=O)COC(=O)c2cc(C)n(-c3ccccc3)c2C)cc1OC. The second-order valence-corrected chi connectivity index (χ2v) is 10.1. The van der Waals surface area contributed by atoms with E-state index in [0.717, 1.165) is 33.2 Å². The quantitative estimate of drug-likeness (QED) is 0.266. The number of hydrogen-bond donors (Lipinski definition) is 0. The van der Waals surface area contributed by atoms with E-state index < -0.39 is 18.5 Å². The molecule has 1 amide bonds. The molecule has 0 spiro atoms. The Morgan fingerprint density at radius 2 is 1.74 bits per heavy atom. The summed E-state index contributed by atoms with van der Waals surface area (Å²) in [4.78, 5) is 27.5. The Morgan fingerprint density at radius 3 is 2.44 bits per heavy atom. The summed E-state index contributed by atoms with van der Waals surface area (Å²) in [5.41, 5.74) is 4.66. The molecule has 2 aromatic carbocycles. The Morgan fingerprint density at radius 1 is 0.974 bits per heavy atom. The van der Waals surface area contributed by atoms with E-state index in [-0.39, 0.29) is 6.04 Å². The molecule has 1 aliphatic heterocycles. The number of benzene rings is 2. The number of amides is 1. The minimum Gasteiger partial charge on any atom is -0.493 e. The number of para-hydroxylation sites is 1. The van der Waals surface area contributed by atoms with Gasteiger partial charge < -0.3 is 18.8 Å². The van der Waals surface area contributed by atoms with Gasteiger partial charge in [-0.25, -0.2) is 9.80 Å². The van der Waals surface area contributed by atoms with E-state index in [0.29, 0.717) is 23.5 Å². The number of nitrogens with zero attached hydrogens (tertiary/aromatic N) is 3. The fourth-order valence-corrected chi connectivity index (χ4v) is 5.59. The molecule has 8 nitrogen and oxygen atoms in total. The van der Waals surface area contributed by atoms with Gasteiger partial charge in [0.2, 0.25) is 0 Å². The van der Waals surface area contributed by atoms with Crippen LogP contribution < -0.4 is 9.47 Å². The molecule has 0 aliphatic carbocycles. The number of thiophene rings is 1. The van der Waals surface area contributed by atoms with Crippen LogP contribution in [0.4, 0.5) is 0 Å². The van der Waals surface area contributed by atoms with Gasteiger partial charge in [0, 0.05) is 23.5 Å². The Labute approximate surface area is 231 Å². The zero-order chi connectivity index (χ0) is 27.5. The molecule has 200 valence electrons. The molecule has 39 heavy (non-hydrogen) atoms. The number of hydrogen-bond acceptors (Lipinski definition) is 7. The van der Waals surface area contributed by atoms with E-state index in [2.05, 4.69) is 5.10 Å². The van der Waals surface area contributed by atoms with Crippen LogP contribution >= 0.6 is 11.3 Å². The summed E-state index contributed by atoms with van der Waals surface area (Å²) < 4.78 is 18.4. The molecule has 1 atom stereocenters. The highest BCUT2D eigenvalue weighted by Crippen LogP contribution is 2.38. The summed E-state index contributed by atoms with van der Waals surface area (Å²) in [5, 5.41) is 8.04. The second kappa shape index (κ2) is 11.2. The molecule has 1 aliphatic rings. The molecular weight excluding hydrogens is 514 g/mol. The first-order valence-corrected chi connectivity index (χ1v) is 13.4. The lowest BCUT2D eigenvalue weighted by molar-refractivity contribution is -0.136. The van der Waals surface area contributed by atoms with Gasteiger partial charge in [-0.2, -0.15) is 5.10 Å². The van der Waals surface area contributed by atoms with Crippen LogP contribution in [-0.4, -0.2) is 48.0 Å². The first-order valence-electron chi connectivity index (χ1n) is 12.5. The minimum absolute atomic E-state index is 0.378. The number of aryl methyl sites for hydroxylation is 1. The molecule has 1 unspecified atom stereocenters. The highest BCUT2D eigenvalue weighted by atomic mass is 32.1. The number of rotatable bonds is 8. The van der Waals surface area contributed by atoms with Crippen molar-refractivity contribution in [2.75, 3.05) is 20.8 Å². The molecule has 4 aromatic rings. The fourth-order valence-electron chi connectivity index (χ4n) is 4.87. The van der Waals surface area contributed by atoms with Gasteiger partial charge in [0.15, 0.2) is 18.1 Å². The number of hydrazone groups is 1. The van der Waals surface area contributed by atoms with Gasteiger partial charge >= 0.3 is 5.97 Å². The van der Waals surface area contributed by atoms with Crippen LogP contribution in [0.2, 0.25) is 0 Å². The van der Waals surface area contributed by atoms with Gasteiger partial charge in [0.1, 0.15) is 0 Å². The second-order valence-electron chi connectivity index (χ2n) is 9.13. The molecule has 3 heterocycles. The predicted octanol–water partition coefficient (Wildman–Crippen LogP) is 5.71. The summed E-state index contributed by atoms with van der Waals surface area (Å²) in [6.07, 6.45) is 0.522. The molecule has 0 saturated heterocycles. The Hall–Kier alpha value is -4.37.